The second-order valence-electron chi connectivity index (χ2n) is 6.70. The van der Waals surface area contributed by atoms with E-state index in [0.717, 1.165) is 5.56 Å². The van der Waals surface area contributed by atoms with Crippen LogP contribution in [0.15, 0.2) is 57.2 Å². The molecule has 0 atom stereocenters. The third-order valence-electron chi connectivity index (χ3n) is 4.81. The monoisotopic (exact) mass is 474 g/mol. The Hall–Kier alpha value is -2.96. The summed E-state index contributed by atoms with van der Waals surface area (Å²) in [4.78, 5) is 4.61. The van der Waals surface area contributed by atoms with Crippen LogP contribution >= 0.6 is 11.8 Å². The molecule has 12 heteroatoms. The number of pyridine rings is 1. The molecule has 1 aromatic carbocycles. The summed E-state index contributed by atoms with van der Waals surface area (Å²) in [6.45, 7) is 4.41. The fourth-order valence-corrected chi connectivity index (χ4v) is 5.34. The van der Waals surface area contributed by atoms with Crippen molar-refractivity contribution in [2.75, 3.05) is 20.2 Å². The Labute approximate surface area is 189 Å². The van der Waals surface area contributed by atoms with E-state index >= 15 is 0 Å². The van der Waals surface area contributed by atoms with E-state index in [2.05, 4.69) is 20.3 Å². The van der Waals surface area contributed by atoms with Crippen molar-refractivity contribution in [2.24, 2.45) is 0 Å². The van der Waals surface area contributed by atoms with Crippen LogP contribution in [0.25, 0.3) is 17.0 Å². The largest absolute Gasteiger partial charge is 0.497 e. The lowest BCUT2D eigenvalue weighted by Gasteiger charge is -2.18. The molecule has 0 fully saturated rings. The first-order chi connectivity index (χ1) is 15.5. The third-order valence-corrected chi connectivity index (χ3v) is 7.77. The van der Waals surface area contributed by atoms with Crippen LogP contribution in [0.4, 0.5) is 0 Å². The predicted octanol–water partition coefficient (Wildman–Crippen LogP) is 3.11. The molecule has 0 aliphatic rings. The Morgan fingerprint density at radius 3 is 2.72 bits per heavy atom. The molecule has 0 unspecified atom stereocenters. The second-order valence-corrected chi connectivity index (χ2v) is 9.58. The number of sulfonamides is 1. The Balaban J connectivity index is 1.55. The molecule has 0 aliphatic heterocycles. The molecule has 4 rings (SSSR count). The Kier molecular flexibility index (Phi) is 6.44. The van der Waals surface area contributed by atoms with Gasteiger partial charge in [-0.2, -0.15) is 9.29 Å². The highest BCUT2D eigenvalue weighted by Crippen LogP contribution is 2.26. The van der Waals surface area contributed by atoms with Gasteiger partial charge in [0.1, 0.15) is 5.75 Å². The van der Waals surface area contributed by atoms with Gasteiger partial charge >= 0.3 is 0 Å². The first-order valence-electron chi connectivity index (χ1n) is 9.91. The maximum Gasteiger partial charge on any atom is 0.244 e. The van der Waals surface area contributed by atoms with Crippen molar-refractivity contribution in [2.45, 2.75) is 29.7 Å². The quantitative estimate of drug-likeness (QED) is 0.337. The number of ether oxygens (including phenoxy) is 1. The van der Waals surface area contributed by atoms with E-state index in [4.69, 9.17) is 9.26 Å². The van der Waals surface area contributed by atoms with E-state index in [-0.39, 0.29) is 4.90 Å². The minimum atomic E-state index is -3.59. The van der Waals surface area contributed by atoms with Crippen molar-refractivity contribution in [3.05, 3.63) is 48.5 Å². The zero-order valence-electron chi connectivity index (χ0n) is 17.8. The lowest BCUT2D eigenvalue weighted by Crippen LogP contribution is -2.30. The molecule has 0 saturated heterocycles. The van der Waals surface area contributed by atoms with E-state index in [0.29, 0.717) is 47.1 Å². The van der Waals surface area contributed by atoms with Gasteiger partial charge in [-0.1, -0.05) is 42.9 Å². The summed E-state index contributed by atoms with van der Waals surface area (Å²) in [6, 6.07) is 10.6. The molecule has 0 aliphatic carbocycles. The second kappa shape index (κ2) is 9.27. The van der Waals surface area contributed by atoms with Crippen molar-refractivity contribution in [1.82, 2.24) is 29.0 Å². The van der Waals surface area contributed by atoms with Gasteiger partial charge in [-0.05, 0) is 24.3 Å². The summed E-state index contributed by atoms with van der Waals surface area (Å²) in [5.74, 6) is 1.92. The van der Waals surface area contributed by atoms with Crippen LogP contribution in [-0.4, -0.2) is 57.7 Å². The number of rotatable bonds is 9. The van der Waals surface area contributed by atoms with Gasteiger partial charge in [-0.15, -0.1) is 10.2 Å². The van der Waals surface area contributed by atoms with Crippen LogP contribution in [0.1, 0.15) is 19.7 Å². The summed E-state index contributed by atoms with van der Waals surface area (Å²) in [7, 11) is -1.99. The van der Waals surface area contributed by atoms with Crippen molar-refractivity contribution in [3.8, 4) is 17.1 Å². The van der Waals surface area contributed by atoms with Gasteiger partial charge in [-0.3, -0.25) is 4.40 Å². The Morgan fingerprint density at radius 2 is 1.97 bits per heavy atom. The van der Waals surface area contributed by atoms with E-state index < -0.39 is 10.0 Å². The molecule has 0 radical (unpaired) electrons. The lowest BCUT2D eigenvalue weighted by molar-refractivity contribution is 0.391. The average molecular weight is 475 g/mol. The predicted molar refractivity (Wildman–Crippen MR) is 119 cm³/mol. The van der Waals surface area contributed by atoms with Gasteiger partial charge in [0.15, 0.2) is 10.8 Å². The van der Waals surface area contributed by atoms with Crippen LogP contribution in [0, 0.1) is 0 Å². The summed E-state index contributed by atoms with van der Waals surface area (Å²) < 4.78 is 39.4. The van der Waals surface area contributed by atoms with E-state index in [1.165, 1.54) is 16.1 Å². The molecule has 0 spiro atoms. The van der Waals surface area contributed by atoms with Crippen LogP contribution in [0.3, 0.4) is 0 Å². The molecular formula is C20H22N6O4S2. The van der Waals surface area contributed by atoms with E-state index in [1.807, 2.05) is 38.1 Å². The summed E-state index contributed by atoms with van der Waals surface area (Å²) in [6.07, 6.45) is 1.54. The average Bonchev–Trinajstić information content (AvgIpc) is 3.45. The van der Waals surface area contributed by atoms with Crippen molar-refractivity contribution in [1.29, 1.82) is 0 Å². The molecule has 3 heterocycles. The molecule has 0 bridgehead atoms. The summed E-state index contributed by atoms with van der Waals surface area (Å²) in [5, 5.41) is 12.8. The number of hydrogen-bond donors (Lipinski definition) is 0. The highest BCUT2D eigenvalue weighted by Gasteiger charge is 2.23. The highest BCUT2D eigenvalue weighted by atomic mass is 32.2. The highest BCUT2D eigenvalue weighted by molar-refractivity contribution is 7.98. The number of fused-ring (bicyclic) bond motifs is 1. The normalized spacial score (nSPS) is 12.0. The zero-order chi connectivity index (χ0) is 22.7. The van der Waals surface area contributed by atoms with Crippen LogP contribution in [0.2, 0.25) is 0 Å². The van der Waals surface area contributed by atoms with Crippen LogP contribution in [0.5, 0.6) is 5.75 Å². The number of aromatic nitrogens is 5. The smallest absolute Gasteiger partial charge is 0.244 e. The number of nitrogens with zero attached hydrogens (tertiary/aromatic N) is 6. The van der Waals surface area contributed by atoms with Gasteiger partial charge < -0.3 is 9.26 Å². The van der Waals surface area contributed by atoms with Gasteiger partial charge in [0.25, 0.3) is 0 Å². The molecule has 32 heavy (non-hydrogen) atoms. The molecular weight excluding hydrogens is 452 g/mol. The Bertz CT molecular complexity index is 1330. The summed E-state index contributed by atoms with van der Waals surface area (Å²) in [5.41, 5.74) is 1.33. The number of benzene rings is 1. The molecule has 10 nitrogen and oxygen atoms in total. The van der Waals surface area contributed by atoms with Crippen LogP contribution < -0.4 is 4.74 Å². The number of methoxy groups -OCH3 is 1. The van der Waals surface area contributed by atoms with Crippen LogP contribution in [-0.2, 0) is 15.8 Å². The maximum atomic E-state index is 12.9. The minimum absolute atomic E-state index is 0.188. The third kappa shape index (κ3) is 4.33. The molecule has 0 amide bonds. The Morgan fingerprint density at radius 1 is 1.16 bits per heavy atom. The van der Waals surface area contributed by atoms with E-state index in [1.54, 1.807) is 29.8 Å². The fraction of sp³-hybridized carbons (Fsp3) is 0.300. The van der Waals surface area contributed by atoms with Gasteiger partial charge in [0, 0.05) is 24.8 Å². The molecule has 168 valence electrons. The van der Waals surface area contributed by atoms with Crippen molar-refractivity contribution in [3.63, 3.8) is 0 Å². The molecule has 0 N–H and O–H groups in total. The molecule has 3 aromatic heterocycles. The fourth-order valence-electron chi connectivity index (χ4n) is 3.13. The standard InChI is InChI=1S/C20H22N6O4S2/c1-4-25(5-2)32(27,28)16-9-10-17-22-23-20(26(17)12-16)31-13-18-21-19(24-30-18)14-7-6-8-15(11-14)29-3/h6-12H,4-5,13H2,1-3H3. The minimum Gasteiger partial charge on any atom is -0.497 e. The number of hydrogen-bond acceptors (Lipinski definition) is 9. The zero-order valence-corrected chi connectivity index (χ0v) is 19.4. The first-order valence-corrected chi connectivity index (χ1v) is 12.3. The van der Waals surface area contributed by atoms with Gasteiger partial charge in [0.2, 0.25) is 21.7 Å². The van der Waals surface area contributed by atoms with Gasteiger partial charge in [-0.25, -0.2) is 8.42 Å². The SMILES string of the molecule is CCN(CC)S(=O)(=O)c1ccc2nnc(SCc3nc(-c4cccc(OC)c4)no3)n2c1. The topological polar surface area (TPSA) is 116 Å². The molecule has 0 saturated carbocycles. The lowest BCUT2D eigenvalue weighted by atomic mass is 10.2. The molecule has 4 aromatic rings. The van der Waals surface area contributed by atoms with E-state index in [9.17, 15) is 8.42 Å². The van der Waals surface area contributed by atoms with Gasteiger partial charge in [0.05, 0.1) is 17.8 Å². The first kappa shape index (κ1) is 22.2. The van der Waals surface area contributed by atoms with Crippen molar-refractivity contribution >= 4 is 27.4 Å². The van der Waals surface area contributed by atoms with Crippen molar-refractivity contribution < 1.29 is 17.7 Å². The summed E-state index contributed by atoms with van der Waals surface area (Å²) >= 11 is 1.33. The maximum absolute atomic E-state index is 12.9. The number of thioether (sulfide) groups is 1.